The van der Waals surface area contributed by atoms with Crippen molar-refractivity contribution in [3.63, 3.8) is 0 Å². The molecule has 0 aliphatic heterocycles. The molecular weight excluding hydrogens is 414 g/mol. The maximum Gasteiger partial charge on any atom is 0.253 e. The number of carbonyl (C=O) groups is 2. The number of rotatable bonds is 7. The van der Waals surface area contributed by atoms with Gasteiger partial charge in [0.1, 0.15) is 0 Å². The number of benzene rings is 2. The maximum atomic E-state index is 12.7. The lowest BCUT2D eigenvalue weighted by molar-refractivity contribution is -0.114. The zero-order valence-corrected chi connectivity index (χ0v) is 18.2. The summed E-state index contributed by atoms with van der Waals surface area (Å²) in [5.41, 5.74) is 1.44. The van der Waals surface area contributed by atoms with Crippen molar-refractivity contribution in [1.82, 2.24) is 10.0 Å². The number of hydrogen-bond donors (Lipinski definition) is 3. The smallest absolute Gasteiger partial charge is 0.253 e. The van der Waals surface area contributed by atoms with Crippen molar-refractivity contribution < 1.29 is 18.0 Å². The summed E-state index contributed by atoms with van der Waals surface area (Å²) in [6, 6.07) is 10.4. The summed E-state index contributed by atoms with van der Waals surface area (Å²) in [5.74, 6) is -0.701. The molecule has 1 unspecified atom stereocenters. The van der Waals surface area contributed by atoms with Crippen LogP contribution < -0.4 is 15.4 Å². The van der Waals surface area contributed by atoms with Crippen LogP contribution in [0.25, 0.3) is 0 Å². The van der Waals surface area contributed by atoms with Crippen molar-refractivity contribution >= 4 is 39.1 Å². The van der Waals surface area contributed by atoms with Gasteiger partial charge < -0.3 is 10.6 Å². The van der Waals surface area contributed by atoms with E-state index in [0.717, 1.165) is 5.56 Å². The number of sulfonamides is 1. The lowest BCUT2D eigenvalue weighted by atomic mass is 10.1. The first-order valence-corrected chi connectivity index (χ1v) is 10.9. The third-order valence-corrected chi connectivity index (χ3v) is 5.92. The molecule has 9 heteroatoms. The normalized spacial score (nSPS) is 12.5. The Morgan fingerprint density at radius 2 is 1.72 bits per heavy atom. The van der Waals surface area contributed by atoms with Crippen LogP contribution in [0.15, 0.2) is 47.4 Å². The molecule has 2 aromatic carbocycles. The second-order valence-electron chi connectivity index (χ2n) is 6.92. The van der Waals surface area contributed by atoms with Crippen LogP contribution in [0.4, 0.5) is 5.69 Å². The average Bonchev–Trinajstić information content (AvgIpc) is 2.60. The Morgan fingerprint density at radius 1 is 1.03 bits per heavy atom. The minimum atomic E-state index is -3.76. The Kier molecular flexibility index (Phi) is 7.40. The quantitative estimate of drug-likeness (QED) is 0.616. The summed E-state index contributed by atoms with van der Waals surface area (Å²) in [4.78, 5) is 23.9. The van der Waals surface area contributed by atoms with Gasteiger partial charge >= 0.3 is 0 Å². The van der Waals surface area contributed by atoms with E-state index in [1.165, 1.54) is 25.1 Å². The third-order valence-electron chi connectivity index (χ3n) is 3.94. The zero-order chi connectivity index (χ0) is 21.8. The predicted octanol–water partition coefficient (Wildman–Crippen LogP) is 3.48. The first-order chi connectivity index (χ1) is 13.5. The summed E-state index contributed by atoms with van der Waals surface area (Å²) < 4.78 is 27.2. The summed E-state index contributed by atoms with van der Waals surface area (Å²) in [6.45, 7) is 6.60. The molecule has 29 heavy (non-hydrogen) atoms. The molecule has 0 saturated heterocycles. The Bertz CT molecular complexity index is 1020. The molecule has 1 atom stereocenters. The SMILES string of the molecule is CC(=O)Nc1cccc(C(C)NC(=O)c2cc(S(=O)(=O)NC(C)C)ccc2Cl)c1. The number of hydrogen-bond acceptors (Lipinski definition) is 4. The van der Waals surface area contributed by atoms with Crippen LogP contribution in [-0.4, -0.2) is 26.3 Å². The molecule has 0 aromatic heterocycles. The molecule has 2 rings (SSSR count). The van der Waals surface area contributed by atoms with Gasteiger partial charge in [-0.1, -0.05) is 23.7 Å². The Balaban J connectivity index is 2.24. The number of amides is 2. The monoisotopic (exact) mass is 437 g/mol. The molecule has 0 aliphatic carbocycles. The van der Waals surface area contributed by atoms with Gasteiger partial charge in [-0.3, -0.25) is 9.59 Å². The van der Waals surface area contributed by atoms with Gasteiger partial charge in [0.05, 0.1) is 21.5 Å². The predicted molar refractivity (Wildman–Crippen MR) is 114 cm³/mol. The van der Waals surface area contributed by atoms with Crippen molar-refractivity contribution in [3.8, 4) is 0 Å². The highest BCUT2D eigenvalue weighted by Crippen LogP contribution is 2.23. The molecule has 0 saturated carbocycles. The molecule has 3 N–H and O–H groups in total. The van der Waals surface area contributed by atoms with E-state index in [0.29, 0.717) is 5.69 Å². The Morgan fingerprint density at radius 3 is 2.34 bits per heavy atom. The van der Waals surface area contributed by atoms with Gasteiger partial charge in [-0.05, 0) is 56.7 Å². The van der Waals surface area contributed by atoms with Crippen LogP contribution in [0.5, 0.6) is 0 Å². The molecule has 0 fully saturated rings. The van der Waals surface area contributed by atoms with Crippen molar-refractivity contribution in [3.05, 3.63) is 58.6 Å². The molecule has 2 aromatic rings. The van der Waals surface area contributed by atoms with E-state index in [4.69, 9.17) is 11.6 Å². The number of halogens is 1. The lowest BCUT2D eigenvalue weighted by Crippen LogP contribution is -2.31. The second-order valence-corrected chi connectivity index (χ2v) is 9.04. The maximum absolute atomic E-state index is 12.7. The fraction of sp³-hybridized carbons (Fsp3) is 0.300. The van der Waals surface area contributed by atoms with Crippen molar-refractivity contribution in [2.75, 3.05) is 5.32 Å². The summed E-state index contributed by atoms with van der Waals surface area (Å²) in [7, 11) is -3.76. The van der Waals surface area contributed by atoms with Crippen LogP contribution in [0.2, 0.25) is 5.02 Å². The van der Waals surface area contributed by atoms with Gasteiger partial charge in [-0.25, -0.2) is 13.1 Å². The Hall–Kier alpha value is -2.42. The molecular formula is C20H24ClN3O4S. The first kappa shape index (κ1) is 22.9. The van der Waals surface area contributed by atoms with Crippen LogP contribution in [0, 0.1) is 0 Å². The van der Waals surface area contributed by atoms with Crippen LogP contribution in [0.3, 0.4) is 0 Å². The largest absolute Gasteiger partial charge is 0.345 e. The van der Waals surface area contributed by atoms with E-state index in [-0.39, 0.29) is 27.4 Å². The van der Waals surface area contributed by atoms with E-state index in [1.54, 1.807) is 39.0 Å². The molecule has 0 heterocycles. The number of carbonyl (C=O) groups excluding carboxylic acids is 2. The molecule has 156 valence electrons. The van der Waals surface area contributed by atoms with Crippen LogP contribution in [-0.2, 0) is 14.8 Å². The summed E-state index contributed by atoms with van der Waals surface area (Å²) in [6.07, 6.45) is 0. The fourth-order valence-electron chi connectivity index (χ4n) is 2.67. The van der Waals surface area contributed by atoms with Gasteiger partial charge in [0.25, 0.3) is 5.91 Å². The van der Waals surface area contributed by atoms with Gasteiger partial charge in [-0.15, -0.1) is 0 Å². The second kappa shape index (κ2) is 9.39. The summed E-state index contributed by atoms with van der Waals surface area (Å²) in [5, 5.41) is 5.63. The van der Waals surface area contributed by atoms with Gasteiger partial charge in [0.15, 0.2) is 0 Å². The zero-order valence-electron chi connectivity index (χ0n) is 16.6. The molecule has 7 nitrogen and oxygen atoms in total. The average molecular weight is 438 g/mol. The Labute approximate surface area is 175 Å². The van der Waals surface area contributed by atoms with E-state index >= 15 is 0 Å². The highest BCUT2D eigenvalue weighted by molar-refractivity contribution is 7.89. The van der Waals surface area contributed by atoms with Gasteiger partial charge in [0, 0.05) is 18.7 Å². The van der Waals surface area contributed by atoms with Crippen LogP contribution in [0.1, 0.15) is 49.7 Å². The standard InChI is InChI=1S/C20H24ClN3O4S/c1-12(2)24-29(27,28)17-8-9-19(21)18(11-17)20(26)22-13(3)15-6-5-7-16(10-15)23-14(4)25/h5-13,24H,1-4H3,(H,22,26)(H,23,25). The van der Waals surface area contributed by atoms with Gasteiger partial charge in [0.2, 0.25) is 15.9 Å². The number of anilines is 1. The topological polar surface area (TPSA) is 104 Å². The first-order valence-electron chi connectivity index (χ1n) is 9.00. The van der Waals surface area contributed by atoms with E-state index in [1.807, 2.05) is 6.07 Å². The number of nitrogens with one attached hydrogen (secondary N) is 3. The van der Waals surface area contributed by atoms with E-state index < -0.39 is 22.0 Å². The molecule has 0 aliphatic rings. The molecule has 0 radical (unpaired) electrons. The summed E-state index contributed by atoms with van der Waals surface area (Å²) >= 11 is 6.14. The molecule has 0 spiro atoms. The van der Waals surface area contributed by atoms with Crippen molar-refractivity contribution in [1.29, 1.82) is 0 Å². The molecule has 0 bridgehead atoms. The fourth-order valence-corrected chi connectivity index (χ4v) is 4.15. The van der Waals surface area contributed by atoms with Crippen molar-refractivity contribution in [2.24, 2.45) is 0 Å². The molecule has 2 amide bonds. The van der Waals surface area contributed by atoms with E-state index in [9.17, 15) is 18.0 Å². The minimum Gasteiger partial charge on any atom is -0.345 e. The minimum absolute atomic E-state index is 0.0407. The van der Waals surface area contributed by atoms with Crippen LogP contribution >= 0.6 is 11.6 Å². The third kappa shape index (κ3) is 6.28. The van der Waals surface area contributed by atoms with Crippen molar-refractivity contribution in [2.45, 2.75) is 44.7 Å². The lowest BCUT2D eigenvalue weighted by Gasteiger charge is -2.17. The van der Waals surface area contributed by atoms with E-state index in [2.05, 4.69) is 15.4 Å². The van der Waals surface area contributed by atoms with Gasteiger partial charge in [-0.2, -0.15) is 0 Å². The highest BCUT2D eigenvalue weighted by Gasteiger charge is 2.20. The highest BCUT2D eigenvalue weighted by atomic mass is 35.5.